The first-order valence-electron chi connectivity index (χ1n) is 5.52. The van der Waals surface area contributed by atoms with Gasteiger partial charge in [-0.05, 0) is 37.6 Å². The Bertz CT molecular complexity index is 320. The molecule has 0 aliphatic heterocycles. The number of hydrogen-bond acceptors (Lipinski definition) is 2. The van der Waals surface area contributed by atoms with Crippen LogP contribution < -0.4 is 10.5 Å². The SMILES string of the molecule is NCCCCCCOc1cc(Br)ccc1Cl. The first kappa shape index (κ1) is 13.8. The normalized spacial score (nSPS) is 10.4. The Labute approximate surface area is 110 Å². The number of benzene rings is 1. The van der Waals surface area contributed by atoms with Gasteiger partial charge in [-0.25, -0.2) is 0 Å². The zero-order valence-electron chi connectivity index (χ0n) is 9.22. The van der Waals surface area contributed by atoms with Gasteiger partial charge in [-0.3, -0.25) is 0 Å². The van der Waals surface area contributed by atoms with Gasteiger partial charge in [-0.15, -0.1) is 0 Å². The molecule has 0 saturated heterocycles. The number of ether oxygens (including phenoxy) is 1. The fourth-order valence-electron chi connectivity index (χ4n) is 1.37. The van der Waals surface area contributed by atoms with Gasteiger partial charge in [0.1, 0.15) is 5.75 Å². The van der Waals surface area contributed by atoms with Crippen LogP contribution in [0.3, 0.4) is 0 Å². The van der Waals surface area contributed by atoms with Gasteiger partial charge in [0.25, 0.3) is 0 Å². The second kappa shape index (κ2) is 7.93. The lowest BCUT2D eigenvalue weighted by molar-refractivity contribution is 0.305. The summed E-state index contributed by atoms with van der Waals surface area (Å²) >= 11 is 9.38. The van der Waals surface area contributed by atoms with Crippen molar-refractivity contribution in [3.05, 3.63) is 27.7 Å². The smallest absolute Gasteiger partial charge is 0.139 e. The molecule has 0 atom stereocenters. The molecule has 1 rings (SSSR count). The predicted octanol–water partition coefficient (Wildman–Crippen LogP) is 4.00. The van der Waals surface area contributed by atoms with Crippen LogP contribution in [-0.4, -0.2) is 13.2 Å². The third kappa shape index (κ3) is 5.19. The third-order valence-corrected chi connectivity index (χ3v) is 3.05. The van der Waals surface area contributed by atoms with E-state index in [4.69, 9.17) is 22.1 Å². The van der Waals surface area contributed by atoms with E-state index in [-0.39, 0.29) is 0 Å². The highest BCUT2D eigenvalue weighted by atomic mass is 79.9. The van der Waals surface area contributed by atoms with Gasteiger partial charge in [-0.1, -0.05) is 40.4 Å². The molecule has 0 radical (unpaired) electrons. The molecule has 0 fully saturated rings. The lowest BCUT2D eigenvalue weighted by Crippen LogP contribution is -2.00. The van der Waals surface area contributed by atoms with E-state index in [1.807, 2.05) is 18.2 Å². The molecule has 2 N–H and O–H groups in total. The fourth-order valence-corrected chi connectivity index (χ4v) is 1.88. The molecule has 0 heterocycles. The zero-order valence-corrected chi connectivity index (χ0v) is 11.6. The molecule has 0 spiro atoms. The van der Waals surface area contributed by atoms with E-state index in [9.17, 15) is 0 Å². The minimum Gasteiger partial charge on any atom is -0.492 e. The quantitative estimate of drug-likeness (QED) is 0.773. The summed E-state index contributed by atoms with van der Waals surface area (Å²) in [5.74, 6) is 0.745. The molecular weight excluding hydrogens is 289 g/mol. The topological polar surface area (TPSA) is 35.2 Å². The standard InChI is InChI=1S/C12H17BrClNO/c13-10-5-6-11(14)12(9-10)16-8-4-2-1-3-7-15/h5-6,9H,1-4,7-8,15H2. The van der Waals surface area contributed by atoms with Gasteiger partial charge >= 0.3 is 0 Å². The van der Waals surface area contributed by atoms with E-state index in [2.05, 4.69) is 15.9 Å². The molecule has 2 nitrogen and oxygen atoms in total. The summed E-state index contributed by atoms with van der Waals surface area (Å²) in [6.45, 7) is 1.49. The van der Waals surface area contributed by atoms with Crippen LogP contribution in [0, 0.1) is 0 Å². The molecule has 0 aromatic heterocycles. The molecule has 0 aliphatic carbocycles. The van der Waals surface area contributed by atoms with Crippen molar-refractivity contribution in [1.29, 1.82) is 0 Å². The van der Waals surface area contributed by atoms with Crippen LogP contribution in [0.5, 0.6) is 5.75 Å². The van der Waals surface area contributed by atoms with Crippen LogP contribution in [-0.2, 0) is 0 Å². The molecule has 4 heteroatoms. The summed E-state index contributed by atoms with van der Waals surface area (Å²) in [7, 11) is 0. The number of rotatable bonds is 7. The van der Waals surface area contributed by atoms with Crippen molar-refractivity contribution < 1.29 is 4.74 Å². The molecule has 0 aliphatic rings. The minimum atomic E-state index is 0.658. The third-order valence-electron chi connectivity index (χ3n) is 2.25. The van der Waals surface area contributed by atoms with E-state index < -0.39 is 0 Å². The van der Waals surface area contributed by atoms with Crippen molar-refractivity contribution >= 4 is 27.5 Å². The van der Waals surface area contributed by atoms with Crippen molar-refractivity contribution in [2.75, 3.05) is 13.2 Å². The van der Waals surface area contributed by atoms with E-state index in [0.29, 0.717) is 11.6 Å². The van der Waals surface area contributed by atoms with Crippen molar-refractivity contribution in [1.82, 2.24) is 0 Å². The van der Waals surface area contributed by atoms with Crippen molar-refractivity contribution in [2.45, 2.75) is 25.7 Å². The monoisotopic (exact) mass is 305 g/mol. The Hall–Kier alpha value is -0.250. The lowest BCUT2D eigenvalue weighted by Gasteiger charge is -2.08. The largest absolute Gasteiger partial charge is 0.492 e. The summed E-state index contributed by atoms with van der Waals surface area (Å²) < 4.78 is 6.59. The maximum Gasteiger partial charge on any atom is 0.139 e. The van der Waals surface area contributed by atoms with E-state index in [1.54, 1.807) is 0 Å². The van der Waals surface area contributed by atoms with E-state index in [0.717, 1.165) is 36.0 Å². The number of nitrogens with two attached hydrogens (primary N) is 1. The van der Waals surface area contributed by atoms with Crippen LogP contribution in [0.25, 0.3) is 0 Å². The average molecular weight is 307 g/mol. The van der Waals surface area contributed by atoms with Gasteiger partial charge in [0.2, 0.25) is 0 Å². The van der Waals surface area contributed by atoms with Crippen LogP contribution in [0.4, 0.5) is 0 Å². The zero-order chi connectivity index (χ0) is 11.8. The molecule has 1 aromatic rings. The molecule has 1 aromatic carbocycles. The highest BCUT2D eigenvalue weighted by Gasteiger charge is 2.01. The van der Waals surface area contributed by atoms with Crippen LogP contribution in [0.2, 0.25) is 5.02 Å². The Balaban J connectivity index is 2.23. The van der Waals surface area contributed by atoms with Crippen LogP contribution >= 0.6 is 27.5 Å². The van der Waals surface area contributed by atoms with Crippen molar-refractivity contribution in [3.63, 3.8) is 0 Å². The number of hydrogen-bond donors (Lipinski definition) is 1. The van der Waals surface area contributed by atoms with Gasteiger partial charge in [0.15, 0.2) is 0 Å². The van der Waals surface area contributed by atoms with Crippen LogP contribution in [0.1, 0.15) is 25.7 Å². The summed E-state index contributed by atoms with van der Waals surface area (Å²) in [4.78, 5) is 0. The van der Waals surface area contributed by atoms with Crippen LogP contribution in [0.15, 0.2) is 22.7 Å². The summed E-state index contributed by atoms with van der Waals surface area (Å²) in [5, 5.41) is 0.658. The fraction of sp³-hybridized carbons (Fsp3) is 0.500. The Morgan fingerprint density at radius 1 is 1.19 bits per heavy atom. The van der Waals surface area contributed by atoms with E-state index >= 15 is 0 Å². The predicted molar refractivity (Wildman–Crippen MR) is 72.2 cm³/mol. The molecule has 90 valence electrons. The van der Waals surface area contributed by atoms with Gasteiger partial charge < -0.3 is 10.5 Å². The molecule has 0 saturated carbocycles. The number of unbranched alkanes of at least 4 members (excludes halogenated alkanes) is 3. The lowest BCUT2D eigenvalue weighted by atomic mass is 10.2. The summed E-state index contributed by atoms with van der Waals surface area (Å²) in [5.41, 5.74) is 5.42. The second-order valence-corrected chi connectivity index (χ2v) is 4.95. The van der Waals surface area contributed by atoms with Gasteiger partial charge in [0, 0.05) is 4.47 Å². The molecule has 0 bridgehead atoms. The average Bonchev–Trinajstić information content (AvgIpc) is 2.28. The Morgan fingerprint density at radius 3 is 2.69 bits per heavy atom. The first-order valence-corrected chi connectivity index (χ1v) is 6.69. The van der Waals surface area contributed by atoms with Crippen molar-refractivity contribution in [2.24, 2.45) is 5.73 Å². The minimum absolute atomic E-state index is 0.658. The van der Waals surface area contributed by atoms with Gasteiger partial charge in [0.05, 0.1) is 11.6 Å². The first-order chi connectivity index (χ1) is 7.74. The highest BCUT2D eigenvalue weighted by Crippen LogP contribution is 2.28. The summed E-state index contributed by atoms with van der Waals surface area (Å²) in [6.07, 6.45) is 4.47. The Kier molecular flexibility index (Phi) is 6.85. The molecular formula is C12H17BrClNO. The Morgan fingerprint density at radius 2 is 1.94 bits per heavy atom. The highest BCUT2D eigenvalue weighted by molar-refractivity contribution is 9.10. The second-order valence-electron chi connectivity index (χ2n) is 3.63. The summed E-state index contributed by atoms with van der Waals surface area (Å²) in [6, 6.07) is 5.62. The maximum atomic E-state index is 6.00. The number of halogens is 2. The molecule has 0 amide bonds. The van der Waals surface area contributed by atoms with E-state index in [1.165, 1.54) is 6.42 Å². The van der Waals surface area contributed by atoms with Gasteiger partial charge in [-0.2, -0.15) is 0 Å². The molecule has 0 unspecified atom stereocenters. The van der Waals surface area contributed by atoms with Crippen molar-refractivity contribution in [3.8, 4) is 5.75 Å². The maximum absolute atomic E-state index is 6.00. The molecule has 16 heavy (non-hydrogen) atoms.